The molecule has 1 aliphatic rings. The van der Waals surface area contributed by atoms with Crippen LogP contribution in [-0.4, -0.2) is 40.1 Å². The Morgan fingerprint density at radius 2 is 1.78 bits per heavy atom. The van der Waals surface area contributed by atoms with Crippen molar-refractivity contribution in [2.75, 3.05) is 34.4 Å². The molecule has 0 atom stereocenters. The number of para-hydroxylation sites is 1. The summed E-state index contributed by atoms with van der Waals surface area (Å²) >= 11 is 0. The Balaban J connectivity index is 1.79. The van der Waals surface area contributed by atoms with Crippen LogP contribution >= 0.6 is 0 Å². The lowest BCUT2D eigenvalue weighted by Gasteiger charge is -2.20. The van der Waals surface area contributed by atoms with E-state index in [2.05, 4.69) is 5.32 Å². The van der Waals surface area contributed by atoms with Crippen molar-refractivity contribution in [1.82, 2.24) is 0 Å². The average molecular weight is 387 g/mol. The smallest absolute Gasteiger partial charge is 0.257 e. The molecule has 0 unspecified atom stereocenters. The topological polar surface area (TPSA) is 86.8 Å². The zero-order chi connectivity index (χ0) is 19.6. The van der Waals surface area contributed by atoms with Crippen molar-refractivity contribution in [1.29, 1.82) is 0 Å². The number of amides is 2. The highest BCUT2D eigenvalue weighted by molar-refractivity contribution is 7.92. The number of carbonyl (C=O) groups excluding carboxylic acids is 2. The fourth-order valence-electron chi connectivity index (χ4n) is 2.96. The standard InChI is InChI=1S/C19H21N3O4S/c1-21(27(2,25)26)17-7-4-3-6-16(17)19(24)20-14-9-11-15(12-10-14)22-13-5-8-18(22)23/h3-4,6-7,9-12H,5,8,13H2,1-2H3,(H,20,24). The molecule has 8 heteroatoms. The molecule has 1 heterocycles. The molecule has 27 heavy (non-hydrogen) atoms. The first-order chi connectivity index (χ1) is 12.8. The largest absolute Gasteiger partial charge is 0.322 e. The van der Waals surface area contributed by atoms with E-state index in [0.717, 1.165) is 22.7 Å². The molecular weight excluding hydrogens is 366 g/mol. The van der Waals surface area contributed by atoms with E-state index in [0.29, 0.717) is 24.3 Å². The second-order valence-electron chi connectivity index (χ2n) is 6.40. The van der Waals surface area contributed by atoms with Gasteiger partial charge in [-0.2, -0.15) is 0 Å². The summed E-state index contributed by atoms with van der Waals surface area (Å²) in [5, 5.41) is 2.77. The molecular formula is C19H21N3O4S. The van der Waals surface area contributed by atoms with E-state index in [9.17, 15) is 18.0 Å². The van der Waals surface area contributed by atoms with E-state index in [1.807, 2.05) is 0 Å². The molecule has 0 spiro atoms. The zero-order valence-corrected chi connectivity index (χ0v) is 16.0. The summed E-state index contributed by atoms with van der Waals surface area (Å²) in [4.78, 5) is 26.2. The van der Waals surface area contributed by atoms with Crippen molar-refractivity contribution in [3.05, 3.63) is 54.1 Å². The van der Waals surface area contributed by atoms with Crippen LogP contribution < -0.4 is 14.5 Å². The molecule has 0 saturated carbocycles. The third-order valence-corrected chi connectivity index (χ3v) is 5.69. The first kappa shape index (κ1) is 18.9. The SMILES string of the molecule is CN(c1ccccc1C(=O)Nc1ccc(N2CCCC2=O)cc1)S(C)(=O)=O. The molecule has 7 nitrogen and oxygen atoms in total. The molecule has 1 aliphatic heterocycles. The van der Waals surface area contributed by atoms with Crippen LogP contribution in [0, 0.1) is 0 Å². The van der Waals surface area contributed by atoms with Crippen LogP contribution in [0.4, 0.5) is 17.1 Å². The van der Waals surface area contributed by atoms with E-state index in [-0.39, 0.29) is 11.5 Å². The van der Waals surface area contributed by atoms with E-state index in [4.69, 9.17) is 0 Å². The van der Waals surface area contributed by atoms with Gasteiger partial charge in [0.15, 0.2) is 0 Å². The van der Waals surface area contributed by atoms with Gasteiger partial charge in [-0.15, -0.1) is 0 Å². The molecule has 1 fully saturated rings. The maximum absolute atomic E-state index is 12.7. The molecule has 0 aliphatic carbocycles. The van der Waals surface area contributed by atoms with Crippen LogP contribution in [0.1, 0.15) is 23.2 Å². The maximum atomic E-state index is 12.7. The normalized spacial score (nSPS) is 14.3. The monoisotopic (exact) mass is 387 g/mol. The summed E-state index contributed by atoms with van der Waals surface area (Å²) < 4.78 is 24.7. The first-order valence-electron chi connectivity index (χ1n) is 8.52. The number of nitrogens with one attached hydrogen (secondary N) is 1. The summed E-state index contributed by atoms with van der Waals surface area (Å²) in [5.74, 6) is -0.310. The molecule has 0 radical (unpaired) electrons. The summed E-state index contributed by atoms with van der Waals surface area (Å²) in [6.07, 6.45) is 2.49. The van der Waals surface area contributed by atoms with Crippen molar-refractivity contribution in [2.45, 2.75) is 12.8 Å². The summed E-state index contributed by atoms with van der Waals surface area (Å²) in [6.45, 7) is 0.704. The average Bonchev–Trinajstić information content (AvgIpc) is 3.07. The van der Waals surface area contributed by atoms with Crippen molar-refractivity contribution in [3.63, 3.8) is 0 Å². The molecule has 1 saturated heterocycles. The van der Waals surface area contributed by atoms with Crippen molar-refractivity contribution in [3.8, 4) is 0 Å². The van der Waals surface area contributed by atoms with Crippen LogP contribution in [0.15, 0.2) is 48.5 Å². The van der Waals surface area contributed by atoms with Crippen molar-refractivity contribution in [2.24, 2.45) is 0 Å². The number of anilines is 3. The van der Waals surface area contributed by atoms with E-state index < -0.39 is 15.9 Å². The lowest BCUT2D eigenvalue weighted by Crippen LogP contribution is -2.27. The number of nitrogens with zero attached hydrogens (tertiary/aromatic N) is 2. The summed E-state index contributed by atoms with van der Waals surface area (Å²) in [7, 11) is -2.08. The number of rotatable bonds is 5. The molecule has 2 aromatic carbocycles. The van der Waals surface area contributed by atoms with E-state index in [1.54, 1.807) is 53.4 Å². The van der Waals surface area contributed by atoms with Gasteiger partial charge in [-0.25, -0.2) is 8.42 Å². The minimum atomic E-state index is -3.49. The Morgan fingerprint density at radius 1 is 1.11 bits per heavy atom. The van der Waals surface area contributed by atoms with Crippen LogP contribution in [0.3, 0.4) is 0 Å². The Hall–Kier alpha value is -2.87. The fourth-order valence-corrected chi connectivity index (χ4v) is 3.48. The number of sulfonamides is 1. The minimum absolute atomic E-state index is 0.101. The van der Waals surface area contributed by atoms with Gasteiger partial charge in [-0.05, 0) is 42.8 Å². The van der Waals surface area contributed by atoms with Gasteiger partial charge in [0, 0.05) is 31.4 Å². The second-order valence-corrected chi connectivity index (χ2v) is 8.41. The molecule has 3 rings (SSSR count). The predicted octanol–water partition coefficient (Wildman–Crippen LogP) is 2.46. The molecule has 2 aromatic rings. The van der Waals surface area contributed by atoms with Gasteiger partial charge in [0.1, 0.15) is 0 Å². The Bertz CT molecular complexity index is 971. The summed E-state index contributed by atoms with van der Waals surface area (Å²) in [5.41, 5.74) is 1.92. The number of carbonyl (C=O) groups is 2. The molecule has 0 bridgehead atoms. The third kappa shape index (κ3) is 4.11. The van der Waals surface area contributed by atoms with E-state index >= 15 is 0 Å². The van der Waals surface area contributed by atoms with Gasteiger partial charge in [0.05, 0.1) is 17.5 Å². The quantitative estimate of drug-likeness (QED) is 0.854. The molecule has 0 aromatic heterocycles. The highest BCUT2D eigenvalue weighted by atomic mass is 32.2. The Morgan fingerprint density at radius 3 is 2.37 bits per heavy atom. The summed E-state index contributed by atoms with van der Waals surface area (Å²) in [6, 6.07) is 13.5. The number of hydrogen-bond donors (Lipinski definition) is 1. The van der Waals surface area contributed by atoms with Crippen LogP contribution in [-0.2, 0) is 14.8 Å². The highest BCUT2D eigenvalue weighted by Gasteiger charge is 2.22. The van der Waals surface area contributed by atoms with Crippen LogP contribution in [0.2, 0.25) is 0 Å². The number of hydrogen-bond acceptors (Lipinski definition) is 4. The van der Waals surface area contributed by atoms with Gasteiger partial charge in [-0.3, -0.25) is 13.9 Å². The van der Waals surface area contributed by atoms with Crippen LogP contribution in [0.5, 0.6) is 0 Å². The van der Waals surface area contributed by atoms with E-state index in [1.165, 1.54) is 7.05 Å². The van der Waals surface area contributed by atoms with Gasteiger partial charge in [0.2, 0.25) is 15.9 Å². The third-order valence-electron chi connectivity index (χ3n) is 4.50. The Kier molecular flexibility index (Phi) is 5.18. The number of benzene rings is 2. The minimum Gasteiger partial charge on any atom is -0.322 e. The zero-order valence-electron chi connectivity index (χ0n) is 15.2. The lowest BCUT2D eigenvalue weighted by atomic mass is 10.1. The Labute approximate surface area is 158 Å². The first-order valence-corrected chi connectivity index (χ1v) is 10.4. The molecule has 142 valence electrons. The van der Waals surface area contributed by atoms with Crippen molar-refractivity contribution >= 4 is 38.9 Å². The predicted molar refractivity (Wildman–Crippen MR) is 106 cm³/mol. The van der Waals surface area contributed by atoms with Gasteiger partial charge in [-0.1, -0.05) is 12.1 Å². The lowest BCUT2D eigenvalue weighted by molar-refractivity contribution is -0.117. The maximum Gasteiger partial charge on any atom is 0.257 e. The second kappa shape index (κ2) is 7.40. The van der Waals surface area contributed by atoms with Crippen molar-refractivity contribution < 1.29 is 18.0 Å². The van der Waals surface area contributed by atoms with Gasteiger partial charge >= 0.3 is 0 Å². The van der Waals surface area contributed by atoms with Gasteiger partial charge < -0.3 is 10.2 Å². The highest BCUT2D eigenvalue weighted by Crippen LogP contribution is 2.25. The van der Waals surface area contributed by atoms with Gasteiger partial charge in [0.25, 0.3) is 5.91 Å². The fraction of sp³-hybridized carbons (Fsp3) is 0.263. The molecule has 1 N–H and O–H groups in total. The van der Waals surface area contributed by atoms with Crippen LogP contribution in [0.25, 0.3) is 0 Å². The molecule has 2 amide bonds.